The van der Waals surface area contributed by atoms with Gasteiger partial charge in [0.15, 0.2) is 0 Å². The van der Waals surface area contributed by atoms with Gasteiger partial charge in [0, 0.05) is 0 Å². The summed E-state index contributed by atoms with van der Waals surface area (Å²) in [4.78, 5) is 0. The number of benzene rings is 2. The lowest BCUT2D eigenvalue weighted by Crippen LogP contribution is -2.02. The van der Waals surface area contributed by atoms with E-state index in [1.54, 1.807) is 0 Å². The van der Waals surface area contributed by atoms with E-state index in [0.717, 1.165) is 0 Å². The molecule has 0 bridgehead atoms. The van der Waals surface area contributed by atoms with Crippen LogP contribution in [-0.4, -0.2) is 0 Å². The van der Waals surface area contributed by atoms with Gasteiger partial charge >= 0.3 is 0 Å². The summed E-state index contributed by atoms with van der Waals surface area (Å²) in [6, 6.07) is 17.1. The van der Waals surface area contributed by atoms with Crippen LogP contribution in [0.5, 0.6) is 0 Å². The number of rotatable bonds is 6. The molecule has 0 aliphatic rings. The molecule has 1 heteroatoms. The van der Waals surface area contributed by atoms with Crippen molar-refractivity contribution in [2.45, 2.75) is 52.7 Å². The molecule has 2 aromatic carbocycles. The lowest BCUT2D eigenvalue weighted by Gasteiger charge is -2.15. The van der Waals surface area contributed by atoms with E-state index in [2.05, 4.69) is 76.2 Å². The van der Waals surface area contributed by atoms with Gasteiger partial charge in [-0.05, 0) is 34.1 Å². The van der Waals surface area contributed by atoms with Gasteiger partial charge in [0.05, 0.1) is 13.2 Å². The molecule has 112 valence electrons. The Kier molecular flexibility index (Phi) is 5.58. The van der Waals surface area contributed by atoms with Gasteiger partial charge in [0.1, 0.15) is 0 Å². The lowest BCUT2D eigenvalue weighted by molar-refractivity contribution is 0.106. The van der Waals surface area contributed by atoms with E-state index in [0.29, 0.717) is 25.0 Å². The topological polar surface area (TPSA) is 9.23 Å². The smallest absolute Gasteiger partial charge is 0.0724 e. The first kappa shape index (κ1) is 15.8. The van der Waals surface area contributed by atoms with Crippen LogP contribution in [0.4, 0.5) is 0 Å². The summed E-state index contributed by atoms with van der Waals surface area (Å²) >= 11 is 0. The van der Waals surface area contributed by atoms with E-state index < -0.39 is 0 Å². The SMILES string of the molecule is CC(C)c1ccccc1COCc1ccccc1C(C)C. The monoisotopic (exact) mass is 282 g/mol. The zero-order chi connectivity index (χ0) is 15.2. The first-order valence-corrected chi connectivity index (χ1v) is 7.83. The Bertz CT molecular complexity index is 518. The molecule has 0 radical (unpaired) electrons. The molecule has 0 spiro atoms. The second-order valence-corrected chi connectivity index (χ2v) is 6.20. The maximum atomic E-state index is 5.99. The highest BCUT2D eigenvalue weighted by Gasteiger charge is 2.08. The summed E-state index contributed by atoms with van der Waals surface area (Å²) in [5.74, 6) is 1.07. The molecule has 21 heavy (non-hydrogen) atoms. The largest absolute Gasteiger partial charge is 0.372 e. The molecule has 2 aromatic rings. The third-order valence-electron chi connectivity index (χ3n) is 3.87. The van der Waals surface area contributed by atoms with Crippen LogP contribution in [0.1, 0.15) is 61.8 Å². The third kappa shape index (κ3) is 4.18. The van der Waals surface area contributed by atoms with Crippen molar-refractivity contribution in [1.82, 2.24) is 0 Å². The minimum absolute atomic E-state index is 0.535. The van der Waals surface area contributed by atoms with Crippen molar-refractivity contribution in [3.8, 4) is 0 Å². The first-order valence-electron chi connectivity index (χ1n) is 7.83. The molecule has 0 aliphatic heterocycles. The molecule has 0 aromatic heterocycles. The van der Waals surface area contributed by atoms with Gasteiger partial charge in [-0.3, -0.25) is 0 Å². The van der Waals surface area contributed by atoms with Crippen LogP contribution in [-0.2, 0) is 18.0 Å². The first-order chi connectivity index (χ1) is 10.1. The highest BCUT2D eigenvalue weighted by atomic mass is 16.5. The molecule has 0 aliphatic carbocycles. The van der Waals surface area contributed by atoms with Crippen LogP contribution < -0.4 is 0 Å². The van der Waals surface area contributed by atoms with Crippen molar-refractivity contribution in [1.29, 1.82) is 0 Å². The van der Waals surface area contributed by atoms with Crippen molar-refractivity contribution in [3.63, 3.8) is 0 Å². The fourth-order valence-corrected chi connectivity index (χ4v) is 2.73. The zero-order valence-electron chi connectivity index (χ0n) is 13.6. The van der Waals surface area contributed by atoms with Crippen molar-refractivity contribution >= 4 is 0 Å². The molecule has 0 saturated heterocycles. The van der Waals surface area contributed by atoms with Crippen molar-refractivity contribution < 1.29 is 4.74 Å². The molecular formula is C20H26O. The fraction of sp³-hybridized carbons (Fsp3) is 0.400. The van der Waals surface area contributed by atoms with E-state index in [-0.39, 0.29) is 0 Å². The summed E-state index contributed by atoms with van der Waals surface area (Å²) in [5.41, 5.74) is 5.37. The number of hydrogen-bond donors (Lipinski definition) is 0. The highest BCUT2D eigenvalue weighted by Crippen LogP contribution is 2.22. The average Bonchev–Trinajstić information content (AvgIpc) is 2.48. The van der Waals surface area contributed by atoms with Gasteiger partial charge in [-0.15, -0.1) is 0 Å². The Labute approximate surface area is 129 Å². The Hall–Kier alpha value is -1.60. The molecule has 0 heterocycles. The molecular weight excluding hydrogens is 256 g/mol. The summed E-state index contributed by atoms with van der Waals surface area (Å²) in [5, 5.41) is 0. The zero-order valence-corrected chi connectivity index (χ0v) is 13.6. The van der Waals surface area contributed by atoms with Gasteiger partial charge < -0.3 is 4.74 Å². The highest BCUT2D eigenvalue weighted by molar-refractivity contribution is 5.30. The second kappa shape index (κ2) is 7.42. The summed E-state index contributed by atoms with van der Waals surface area (Å²) in [6.07, 6.45) is 0. The normalized spacial score (nSPS) is 11.3. The molecule has 0 fully saturated rings. The van der Waals surface area contributed by atoms with Crippen molar-refractivity contribution in [2.75, 3.05) is 0 Å². The van der Waals surface area contributed by atoms with Gasteiger partial charge in [-0.25, -0.2) is 0 Å². The van der Waals surface area contributed by atoms with Crippen LogP contribution in [0.15, 0.2) is 48.5 Å². The Morgan fingerprint density at radius 2 is 1.05 bits per heavy atom. The van der Waals surface area contributed by atoms with E-state index in [1.165, 1.54) is 22.3 Å². The predicted molar refractivity (Wildman–Crippen MR) is 89.6 cm³/mol. The Morgan fingerprint density at radius 3 is 1.43 bits per heavy atom. The Balaban J connectivity index is 2.03. The van der Waals surface area contributed by atoms with Crippen LogP contribution in [0.3, 0.4) is 0 Å². The van der Waals surface area contributed by atoms with Crippen LogP contribution in [0.2, 0.25) is 0 Å². The van der Waals surface area contributed by atoms with Gasteiger partial charge in [0.2, 0.25) is 0 Å². The standard InChI is InChI=1S/C20H26O/c1-15(2)19-11-7-5-9-17(19)13-21-14-18-10-6-8-12-20(18)16(3)4/h5-12,15-16H,13-14H2,1-4H3. The average molecular weight is 282 g/mol. The van der Waals surface area contributed by atoms with E-state index in [9.17, 15) is 0 Å². The summed E-state index contributed by atoms with van der Waals surface area (Å²) < 4.78 is 5.99. The van der Waals surface area contributed by atoms with E-state index >= 15 is 0 Å². The number of ether oxygens (including phenoxy) is 1. The van der Waals surface area contributed by atoms with Crippen molar-refractivity contribution in [3.05, 3.63) is 70.8 Å². The number of hydrogen-bond acceptors (Lipinski definition) is 1. The van der Waals surface area contributed by atoms with E-state index in [4.69, 9.17) is 4.74 Å². The molecule has 0 atom stereocenters. The summed E-state index contributed by atoms with van der Waals surface area (Å²) in [6.45, 7) is 10.3. The predicted octanol–water partition coefficient (Wildman–Crippen LogP) is 5.65. The minimum atomic E-state index is 0.535. The van der Waals surface area contributed by atoms with Crippen molar-refractivity contribution in [2.24, 2.45) is 0 Å². The fourth-order valence-electron chi connectivity index (χ4n) is 2.73. The molecule has 1 nitrogen and oxygen atoms in total. The van der Waals surface area contributed by atoms with Gasteiger partial charge in [0.25, 0.3) is 0 Å². The molecule has 0 N–H and O–H groups in total. The van der Waals surface area contributed by atoms with Crippen LogP contribution in [0, 0.1) is 0 Å². The maximum absolute atomic E-state index is 5.99. The van der Waals surface area contributed by atoms with Gasteiger partial charge in [-0.1, -0.05) is 76.2 Å². The second-order valence-electron chi connectivity index (χ2n) is 6.20. The quantitative estimate of drug-likeness (QED) is 0.665. The molecule has 0 amide bonds. The third-order valence-corrected chi connectivity index (χ3v) is 3.87. The lowest BCUT2D eigenvalue weighted by atomic mass is 9.97. The molecule has 0 unspecified atom stereocenters. The molecule has 0 saturated carbocycles. The molecule has 2 rings (SSSR count). The van der Waals surface area contributed by atoms with Crippen LogP contribution >= 0.6 is 0 Å². The maximum Gasteiger partial charge on any atom is 0.0724 e. The summed E-state index contributed by atoms with van der Waals surface area (Å²) in [7, 11) is 0. The minimum Gasteiger partial charge on any atom is -0.372 e. The van der Waals surface area contributed by atoms with Crippen LogP contribution in [0.25, 0.3) is 0 Å². The van der Waals surface area contributed by atoms with E-state index in [1.807, 2.05) is 0 Å². The Morgan fingerprint density at radius 1 is 0.667 bits per heavy atom. The van der Waals surface area contributed by atoms with Gasteiger partial charge in [-0.2, -0.15) is 0 Å².